The molecular formula is C23H28N4O2. The van der Waals surface area contributed by atoms with Crippen LogP contribution < -0.4 is 5.32 Å². The Morgan fingerprint density at radius 2 is 1.83 bits per heavy atom. The molecule has 0 saturated carbocycles. The molecule has 1 N–H and O–H groups in total. The van der Waals surface area contributed by atoms with Crippen LogP contribution in [0.4, 0.5) is 5.82 Å². The third-order valence-corrected chi connectivity index (χ3v) is 5.37. The molecule has 6 heteroatoms. The molecule has 3 aromatic heterocycles. The summed E-state index contributed by atoms with van der Waals surface area (Å²) in [5.41, 5.74) is 3.52. The third kappa shape index (κ3) is 4.32. The lowest BCUT2D eigenvalue weighted by Crippen LogP contribution is -2.48. The van der Waals surface area contributed by atoms with E-state index in [-0.39, 0.29) is 23.0 Å². The van der Waals surface area contributed by atoms with Crippen molar-refractivity contribution in [2.45, 2.75) is 58.7 Å². The Balaban J connectivity index is 1.55. The van der Waals surface area contributed by atoms with Gasteiger partial charge in [0.05, 0.1) is 16.7 Å². The van der Waals surface area contributed by atoms with E-state index >= 15 is 0 Å². The Morgan fingerprint density at radius 3 is 2.52 bits per heavy atom. The second-order valence-corrected chi connectivity index (χ2v) is 9.24. The molecule has 1 amide bonds. The van der Waals surface area contributed by atoms with Gasteiger partial charge in [0.1, 0.15) is 12.1 Å². The van der Waals surface area contributed by atoms with Crippen LogP contribution in [0.15, 0.2) is 43.0 Å². The summed E-state index contributed by atoms with van der Waals surface area (Å²) in [6, 6.07) is 8.05. The summed E-state index contributed by atoms with van der Waals surface area (Å²) < 4.78 is 8.06. The molecule has 3 aromatic rings. The van der Waals surface area contributed by atoms with E-state index in [1.54, 1.807) is 6.33 Å². The lowest BCUT2D eigenvalue weighted by molar-refractivity contribution is -0.176. The van der Waals surface area contributed by atoms with Crippen LogP contribution in [0.3, 0.4) is 0 Å². The fourth-order valence-corrected chi connectivity index (χ4v) is 4.47. The maximum absolute atomic E-state index is 12.9. The zero-order valence-corrected chi connectivity index (χ0v) is 17.7. The van der Waals surface area contributed by atoms with E-state index in [4.69, 9.17) is 4.74 Å². The topological polar surface area (TPSA) is 68.5 Å². The number of hydrogen-bond acceptors (Lipinski definition) is 4. The number of aromatic nitrogens is 3. The number of carbonyl (C=O) groups is 1. The van der Waals surface area contributed by atoms with Crippen molar-refractivity contribution in [1.82, 2.24) is 14.4 Å². The number of carbonyl (C=O) groups excluding carboxylic acids is 1. The van der Waals surface area contributed by atoms with Gasteiger partial charge in [0, 0.05) is 35.6 Å². The summed E-state index contributed by atoms with van der Waals surface area (Å²) in [4.78, 5) is 21.6. The molecule has 152 valence electrons. The van der Waals surface area contributed by atoms with Crippen LogP contribution in [0.2, 0.25) is 0 Å². The molecule has 1 saturated heterocycles. The molecule has 0 bridgehead atoms. The van der Waals surface area contributed by atoms with Crippen molar-refractivity contribution in [2.75, 3.05) is 5.32 Å². The van der Waals surface area contributed by atoms with Crippen LogP contribution >= 0.6 is 0 Å². The normalized spacial score (nSPS) is 18.7. The second kappa shape index (κ2) is 6.95. The van der Waals surface area contributed by atoms with Gasteiger partial charge in [0.2, 0.25) is 5.91 Å². The van der Waals surface area contributed by atoms with Crippen molar-refractivity contribution in [3.8, 4) is 11.1 Å². The van der Waals surface area contributed by atoms with Gasteiger partial charge < -0.3 is 14.5 Å². The number of amides is 1. The van der Waals surface area contributed by atoms with Crippen molar-refractivity contribution in [3.05, 3.63) is 48.7 Å². The number of nitrogens with zero attached hydrogens (tertiary/aromatic N) is 3. The van der Waals surface area contributed by atoms with Gasteiger partial charge in [0.25, 0.3) is 0 Å². The van der Waals surface area contributed by atoms with Gasteiger partial charge in [-0.15, -0.1) is 0 Å². The third-order valence-electron chi connectivity index (χ3n) is 5.37. The van der Waals surface area contributed by atoms with Crippen LogP contribution in [0.25, 0.3) is 16.6 Å². The zero-order chi connectivity index (χ0) is 20.8. The summed E-state index contributed by atoms with van der Waals surface area (Å²) in [5.74, 6) is 0.469. The Labute approximate surface area is 171 Å². The van der Waals surface area contributed by atoms with Crippen molar-refractivity contribution in [2.24, 2.45) is 5.92 Å². The molecule has 1 aliphatic heterocycles. The molecule has 1 aliphatic rings. The standard InChI is InChI=1S/C23H28N4O2/c1-15-8-16(6-7-24-15)17-9-19-10-20(25-14-27(19)13-17)26-21(28)18-11-22(2,3)29-23(4,5)12-18/h6-10,13-14,18H,11-12H2,1-5H3,(H,26,28). The summed E-state index contributed by atoms with van der Waals surface area (Å²) in [7, 11) is 0. The van der Waals surface area contributed by atoms with Crippen LogP contribution in [0.1, 0.15) is 46.2 Å². The van der Waals surface area contributed by atoms with E-state index in [1.807, 2.05) is 63.5 Å². The van der Waals surface area contributed by atoms with Crippen molar-refractivity contribution in [3.63, 3.8) is 0 Å². The predicted molar refractivity (Wildman–Crippen MR) is 114 cm³/mol. The van der Waals surface area contributed by atoms with E-state index in [1.165, 1.54) is 0 Å². The van der Waals surface area contributed by atoms with E-state index in [0.29, 0.717) is 18.7 Å². The minimum absolute atomic E-state index is 0.00263. The van der Waals surface area contributed by atoms with Gasteiger partial charge >= 0.3 is 0 Å². The number of aryl methyl sites for hydroxylation is 1. The highest BCUT2D eigenvalue weighted by atomic mass is 16.5. The molecule has 0 atom stereocenters. The molecule has 1 fully saturated rings. The van der Waals surface area contributed by atoms with Gasteiger partial charge in [-0.3, -0.25) is 9.78 Å². The number of pyridine rings is 1. The fraction of sp³-hybridized carbons (Fsp3) is 0.435. The van der Waals surface area contributed by atoms with E-state index in [2.05, 4.69) is 27.4 Å². The first-order valence-corrected chi connectivity index (χ1v) is 10.0. The first kappa shape index (κ1) is 19.6. The predicted octanol–water partition coefficient (Wildman–Crippen LogP) is 4.63. The van der Waals surface area contributed by atoms with Crippen molar-refractivity contribution in [1.29, 1.82) is 0 Å². The van der Waals surface area contributed by atoms with Crippen LogP contribution in [0, 0.1) is 12.8 Å². The molecular weight excluding hydrogens is 364 g/mol. The number of nitrogens with one attached hydrogen (secondary N) is 1. The first-order chi connectivity index (χ1) is 13.6. The van der Waals surface area contributed by atoms with Crippen molar-refractivity contribution >= 4 is 17.2 Å². The Morgan fingerprint density at radius 1 is 1.10 bits per heavy atom. The lowest BCUT2D eigenvalue weighted by atomic mass is 9.80. The number of fused-ring (bicyclic) bond motifs is 1. The smallest absolute Gasteiger partial charge is 0.228 e. The maximum Gasteiger partial charge on any atom is 0.228 e. The first-order valence-electron chi connectivity index (χ1n) is 10.0. The highest BCUT2D eigenvalue weighted by Gasteiger charge is 2.42. The van der Waals surface area contributed by atoms with Gasteiger partial charge in [0.15, 0.2) is 0 Å². The highest BCUT2D eigenvalue weighted by molar-refractivity contribution is 5.92. The van der Waals surface area contributed by atoms with Gasteiger partial charge in [-0.1, -0.05) is 0 Å². The largest absolute Gasteiger partial charge is 0.370 e. The lowest BCUT2D eigenvalue weighted by Gasteiger charge is -2.44. The Bertz CT molecular complexity index is 1050. The average Bonchev–Trinajstić information content (AvgIpc) is 3.02. The molecule has 4 rings (SSSR count). The molecule has 0 aliphatic carbocycles. The minimum atomic E-state index is -0.319. The van der Waals surface area contributed by atoms with Crippen LogP contribution in [-0.2, 0) is 9.53 Å². The van der Waals surface area contributed by atoms with Crippen molar-refractivity contribution < 1.29 is 9.53 Å². The summed E-state index contributed by atoms with van der Waals surface area (Å²) in [6.07, 6.45) is 6.97. The van der Waals surface area contributed by atoms with Crippen LogP contribution in [0.5, 0.6) is 0 Å². The van der Waals surface area contributed by atoms with E-state index < -0.39 is 0 Å². The van der Waals surface area contributed by atoms with E-state index in [0.717, 1.165) is 22.3 Å². The summed E-state index contributed by atoms with van der Waals surface area (Å²) >= 11 is 0. The summed E-state index contributed by atoms with van der Waals surface area (Å²) in [5, 5.41) is 3.01. The molecule has 29 heavy (non-hydrogen) atoms. The van der Waals surface area contributed by atoms with Gasteiger partial charge in [-0.05, 0) is 71.2 Å². The second-order valence-electron chi connectivity index (χ2n) is 9.24. The van der Waals surface area contributed by atoms with Gasteiger partial charge in [-0.25, -0.2) is 4.98 Å². The highest BCUT2D eigenvalue weighted by Crippen LogP contribution is 2.38. The molecule has 0 unspecified atom stereocenters. The molecule has 0 aromatic carbocycles. The Hall–Kier alpha value is -2.73. The Kier molecular flexibility index (Phi) is 4.69. The quantitative estimate of drug-likeness (QED) is 0.706. The monoisotopic (exact) mass is 392 g/mol. The van der Waals surface area contributed by atoms with E-state index in [9.17, 15) is 4.79 Å². The number of rotatable bonds is 3. The summed E-state index contributed by atoms with van der Waals surface area (Å²) in [6.45, 7) is 10.2. The SMILES string of the molecule is Cc1cc(-c2cc3cc(NC(=O)C4CC(C)(C)OC(C)(C)C4)ncn3c2)ccn1. The zero-order valence-electron chi connectivity index (χ0n) is 17.7. The number of ether oxygens (including phenoxy) is 1. The molecule has 6 nitrogen and oxygen atoms in total. The average molecular weight is 393 g/mol. The minimum Gasteiger partial charge on any atom is -0.370 e. The maximum atomic E-state index is 12.9. The fourth-order valence-electron chi connectivity index (χ4n) is 4.47. The number of hydrogen-bond donors (Lipinski definition) is 1. The molecule has 0 radical (unpaired) electrons. The molecule has 4 heterocycles. The van der Waals surface area contributed by atoms with Gasteiger partial charge in [-0.2, -0.15) is 0 Å². The van der Waals surface area contributed by atoms with Crippen LogP contribution in [-0.4, -0.2) is 31.5 Å². The molecule has 0 spiro atoms. The number of anilines is 1.